The van der Waals surface area contributed by atoms with Crippen molar-refractivity contribution in [3.05, 3.63) is 59.5 Å². The molecular weight excluding hydrogens is 281 g/mol. The Bertz CT molecular complexity index is 901. The number of hydrogen-bond donors (Lipinski definition) is 0. The second-order valence-corrected chi connectivity index (χ2v) is 5.42. The van der Waals surface area contributed by atoms with Crippen LogP contribution in [0.15, 0.2) is 47.5 Å². The maximum absolute atomic E-state index is 13.2. The lowest BCUT2D eigenvalue weighted by atomic mass is 10.2. The Morgan fingerprint density at radius 1 is 1.23 bits per heavy atom. The van der Waals surface area contributed by atoms with Crippen molar-refractivity contribution in [1.29, 1.82) is 0 Å². The molecular formula is C16H14FN5. The predicted octanol–water partition coefficient (Wildman–Crippen LogP) is 2.78. The van der Waals surface area contributed by atoms with E-state index in [1.54, 1.807) is 15.5 Å². The van der Waals surface area contributed by atoms with Crippen LogP contribution in [0.25, 0.3) is 11.3 Å². The van der Waals surface area contributed by atoms with E-state index >= 15 is 0 Å². The van der Waals surface area contributed by atoms with Crippen LogP contribution in [0.4, 0.5) is 4.39 Å². The molecule has 0 aliphatic carbocycles. The smallest absolute Gasteiger partial charge is 0.156 e. The molecule has 4 heterocycles. The molecule has 6 heteroatoms. The van der Waals surface area contributed by atoms with E-state index < -0.39 is 0 Å². The first-order chi connectivity index (χ1) is 10.6. The number of fused-ring (bicyclic) bond motifs is 2. The van der Waals surface area contributed by atoms with E-state index in [1.807, 2.05) is 32.2 Å². The number of aryl methyl sites for hydroxylation is 2. The van der Waals surface area contributed by atoms with Gasteiger partial charge in [-0.25, -0.2) is 18.9 Å². The van der Waals surface area contributed by atoms with Crippen LogP contribution >= 0.6 is 0 Å². The first-order valence-electron chi connectivity index (χ1n) is 7.05. The molecule has 0 saturated heterocycles. The molecule has 0 aromatic carbocycles. The van der Waals surface area contributed by atoms with Gasteiger partial charge in [0.15, 0.2) is 5.65 Å². The summed E-state index contributed by atoms with van der Waals surface area (Å²) in [7, 11) is 0. The normalized spacial score (nSPS) is 17.2. The fourth-order valence-electron chi connectivity index (χ4n) is 2.64. The highest BCUT2D eigenvalue weighted by atomic mass is 19.1. The Labute approximate surface area is 126 Å². The number of hydrogen-bond acceptors (Lipinski definition) is 4. The molecule has 0 radical (unpaired) electrons. The molecule has 0 bridgehead atoms. The maximum Gasteiger partial charge on any atom is 0.156 e. The Hall–Kier alpha value is -2.76. The molecule has 0 N–H and O–H groups in total. The van der Waals surface area contributed by atoms with Crippen molar-refractivity contribution in [2.45, 2.75) is 13.8 Å². The zero-order chi connectivity index (χ0) is 15.3. The number of halogens is 1. The number of aliphatic imine (C=N–C) groups is 1. The van der Waals surface area contributed by atoms with Crippen molar-refractivity contribution in [3.8, 4) is 0 Å². The van der Waals surface area contributed by atoms with Gasteiger partial charge in [-0.1, -0.05) is 0 Å². The lowest BCUT2D eigenvalue weighted by molar-refractivity contribution is 0.562. The van der Waals surface area contributed by atoms with Gasteiger partial charge in [-0.3, -0.25) is 0 Å². The van der Waals surface area contributed by atoms with Gasteiger partial charge in [-0.05, 0) is 43.7 Å². The van der Waals surface area contributed by atoms with Gasteiger partial charge in [-0.15, -0.1) is 0 Å². The van der Waals surface area contributed by atoms with E-state index in [0.29, 0.717) is 6.54 Å². The number of nitrogens with zero attached hydrogens (tertiary/aromatic N) is 5. The third kappa shape index (κ3) is 2.04. The van der Waals surface area contributed by atoms with Gasteiger partial charge in [0, 0.05) is 12.7 Å². The largest absolute Gasteiger partial charge is 0.326 e. The van der Waals surface area contributed by atoms with Crippen LogP contribution in [0.3, 0.4) is 0 Å². The van der Waals surface area contributed by atoms with Crippen LogP contribution < -0.4 is 0 Å². The zero-order valence-corrected chi connectivity index (χ0v) is 12.3. The Morgan fingerprint density at radius 2 is 2.09 bits per heavy atom. The summed E-state index contributed by atoms with van der Waals surface area (Å²) in [5, 5.41) is 4.58. The summed E-state index contributed by atoms with van der Waals surface area (Å²) < 4.78 is 15.0. The van der Waals surface area contributed by atoms with Gasteiger partial charge in [0.05, 0.1) is 17.6 Å². The standard InChI is InChI=1S/C16H14FN5/c1-10-7-14(20-22-8-11(2)18-16(10)22)13-5-6-21-9-12(17)3-4-15(21)19-13/h3-5,7-9H,6H2,1-2H3. The van der Waals surface area contributed by atoms with Crippen LogP contribution in [0.5, 0.6) is 0 Å². The van der Waals surface area contributed by atoms with Crippen molar-refractivity contribution in [1.82, 2.24) is 19.5 Å². The second-order valence-electron chi connectivity index (χ2n) is 5.42. The number of rotatable bonds is 1. The minimum atomic E-state index is -0.264. The number of amidine groups is 1. The highest BCUT2D eigenvalue weighted by molar-refractivity contribution is 5.99. The van der Waals surface area contributed by atoms with E-state index in [9.17, 15) is 4.39 Å². The molecule has 0 saturated carbocycles. The van der Waals surface area contributed by atoms with Crippen molar-refractivity contribution < 1.29 is 4.39 Å². The van der Waals surface area contributed by atoms with E-state index in [4.69, 9.17) is 0 Å². The second kappa shape index (κ2) is 4.62. The first kappa shape index (κ1) is 12.9. The molecule has 2 aliphatic heterocycles. The molecule has 2 aromatic rings. The van der Waals surface area contributed by atoms with Gasteiger partial charge in [0.2, 0.25) is 0 Å². The molecule has 2 aliphatic rings. The summed E-state index contributed by atoms with van der Waals surface area (Å²) in [5.41, 5.74) is 4.42. The number of imidazole rings is 1. The Balaban J connectivity index is 1.77. The molecule has 0 fully saturated rings. The first-order valence-corrected chi connectivity index (χ1v) is 7.05. The minimum absolute atomic E-state index is 0.264. The van der Waals surface area contributed by atoms with E-state index in [0.717, 1.165) is 34.1 Å². The molecule has 0 amide bonds. The number of aromatic nitrogens is 3. The van der Waals surface area contributed by atoms with Crippen molar-refractivity contribution in [2.24, 2.45) is 4.99 Å². The summed E-state index contributed by atoms with van der Waals surface area (Å²) in [6.45, 7) is 4.53. The molecule has 4 rings (SSSR count). The number of allylic oxidation sites excluding steroid dienone is 2. The van der Waals surface area contributed by atoms with Gasteiger partial charge in [0.1, 0.15) is 17.4 Å². The summed E-state index contributed by atoms with van der Waals surface area (Å²) >= 11 is 0. The van der Waals surface area contributed by atoms with Crippen molar-refractivity contribution in [2.75, 3.05) is 6.54 Å². The van der Waals surface area contributed by atoms with Crippen LogP contribution in [0.1, 0.15) is 17.0 Å². The van der Waals surface area contributed by atoms with Crippen LogP contribution in [-0.4, -0.2) is 31.9 Å². The van der Waals surface area contributed by atoms with Crippen molar-refractivity contribution in [3.63, 3.8) is 0 Å². The fraction of sp³-hybridized carbons (Fsp3) is 0.188. The van der Waals surface area contributed by atoms with E-state index in [-0.39, 0.29) is 5.83 Å². The lowest BCUT2D eigenvalue weighted by Crippen LogP contribution is -2.29. The Kier molecular flexibility index (Phi) is 2.72. The van der Waals surface area contributed by atoms with Gasteiger partial charge >= 0.3 is 0 Å². The third-order valence-corrected chi connectivity index (χ3v) is 3.67. The summed E-state index contributed by atoms with van der Waals surface area (Å²) in [4.78, 5) is 10.8. The quantitative estimate of drug-likeness (QED) is 0.812. The molecule has 110 valence electrons. The highest BCUT2D eigenvalue weighted by Gasteiger charge is 2.18. The lowest BCUT2D eigenvalue weighted by Gasteiger charge is -2.25. The summed E-state index contributed by atoms with van der Waals surface area (Å²) in [5.74, 6) is 0.459. The SMILES string of the molecule is Cc1cn2nc(C3=CCN4C=C(F)C=CC4=N3)cc(C)c2n1. The predicted molar refractivity (Wildman–Crippen MR) is 82.9 cm³/mol. The monoisotopic (exact) mass is 295 g/mol. The van der Waals surface area contributed by atoms with Crippen molar-refractivity contribution >= 4 is 17.2 Å². The van der Waals surface area contributed by atoms with E-state index in [2.05, 4.69) is 15.1 Å². The average Bonchev–Trinajstić information content (AvgIpc) is 2.87. The molecule has 0 atom stereocenters. The highest BCUT2D eigenvalue weighted by Crippen LogP contribution is 2.23. The van der Waals surface area contributed by atoms with E-state index in [1.165, 1.54) is 12.3 Å². The summed E-state index contributed by atoms with van der Waals surface area (Å²) in [6, 6.07) is 1.98. The molecule has 0 unspecified atom stereocenters. The van der Waals surface area contributed by atoms with Gasteiger partial charge < -0.3 is 4.90 Å². The average molecular weight is 295 g/mol. The maximum atomic E-state index is 13.2. The van der Waals surface area contributed by atoms with Gasteiger partial charge in [-0.2, -0.15) is 5.10 Å². The van der Waals surface area contributed by atoms with Crippen LogP contribution in [-0.2, 0) is 0 Å². The topological polar surface area (TPSA) is 45.8 Å². The third-order valence-electron chi connectivity index (χ3n) is 3.67. The summed E-state index contributed by atoms with van der Waals surface area (Å²) in [6.07, 6.45) is 8.39. The zero-order valence-electron chi connectivity index (χ0n) is 12.3. The minimum Gasteiger partial charge on any atom is -0.326 e. The molecule has 22 heavy (non-hydrogen) atoms. The fourth-order valence-corrected chi connectivity index (χ4v) is 2.64. The molecule has 2 aromatic heterocycles. The van der Waals surface area contributed by atoms with Crippen LogP contribution in [0, 0.1) is 13.8 Å². The Morgan fingerprint density at radius 3 is 2.95 bits per heavy atom. The molecule has 5 nitrogen and oxygen atoms in total. The molecule has 0 spiro atoms. The van der Waals surface area contributed by atoms with Crippen LogP contribution in [0.2, 0.25) is 0 Å². The van der Waals surface area contributed by atoms with Gasteiger partial charge in [0.25, 0.3) is 0 Å².